The van der Waals surface area contributed by atoms with Crippen molar-refractivity contribution in [3.63, 3.8) is 0 Å². The maximum Gasteiger partial charge on any atom is 0.273 e. The lowest BCUT2D eigenvalue weighted by Gasteiger charge is -2.02. The van der Waals surface area contributed by atoms with Gasteiger partial charge < -0.3 is 0 Å². The normalized spacial score (nSPS) is 11.6. The van der Waals surface area contributed by atoms with Crippen molar-refractivity contribution in [2.24, 2.45) is 0 Å². The average molecular weight is 389 g/mol. The molecule has 120 valence electrons. The fraction of sp³-hybridized carbons (Fsp3) is 0.0769. The standard InChI is InChI=1S/C13H10Cl2N4O2S2/c14-10-3-1-2-9(6-10)7-19-8-16-13(17-19)18-23(20,21)12-5-4-11(15)22-12/h1-6,8H,7H2,(H,17,18). The Morgan fingerprint density at radius 1 is 1.22 bits per heavy atom. The van der Waals surface area contributed by atoms with Gasteiger partial charge in [0, 0.05) is 5.02 Å². The first kappa shape index (κ1) is 16.3. The summed E-state index contributed by atoms with van der Waals surface area (Å²) in [4.78, 5) is 3.95. The van der Waals surface area contributed by atoms with Crippen molar-refractivity contribution in [3.8, 4) is 0 Å². The van der Waals surface area contributed by atoms with Gasteiger partial charge in [-0.1, -0.05) is 35.3 Å². The maximum absolute atomic E-state index is 12.2. The van der Waals surface area contributed by atoms with Gasteiger partial charge in [-0.15, -0.1) is 16.4 Å². The summed E-state index contributed by atoms with van der Waals surface area (Å²) in [6.45, 7) is 0.431. The zero-order valence-electron chi connectivity index (χ0n) is 11.5. The van der Waals surface area contributed by atoms with Gasteiger partial charge in [0.2, 0.25) is 0 Å². The molecule has 0 aliphatic heterocycles. The van der Waals surface area contributed by atoms with Gasteiger partial charge >= 0.3 is 0 Å². The Kier molecular flexibility index (Phi) is 4.58. The minimum atomic E-state index is -3.73. The number of aromatic nitrogens is 3. The van der Waals surface area contributed by atoms with Gasteiger partial charge in [0.25, 0.3) is 16.0 Å². The predicted molar refractivity (Wildman–Crippen MR) is 90.7 cm³/mol. The number of anilines is 1. The monoisotopic (exact) mass is 388 g/mol. The van der Waals surface area contributed by atoms with Crippen LogP contribution in [0.2, 0.25) is 9.36 Å². The van der Waals surface area contributed by atoms with Crippen molar-refractivity contribution in [2.75, 3.05) is 4.72 Å². The number of rotatable bonds is 5. The first-order valence-corrected chi connectivity index (χ1v) is 9.40. The van der Waals surface area contributed by atoms with E-state index in [4.69, 9.17) is 23.2 Å². The Morgan fingerprint density at radius 2 is 2.04 bits per heavy atom. The van der Waals surface area contributed by atoms with E-state index in [2.05, 4.69) is 14.8 Å². The van der Waals surface area contributed by atoms with Crippen LogP contribution in [-0.2, 0) is 16.6 Å². The van der Waals surface area contributed by atoms with E-state index in [1.165, 1.54) is 23.1 Å². The summed E-state index contributed by atoms with van der Waals surface area (Å²) >= 11 is 12.6. The van der Waals surface area contributed by atoms with E-state index >= 15 is 0 Å². The number of sulfonamides is 1. The van der Waals surface area contributed by atoms with Crippen LogP contribution in [0.15, 0.2) is 46.9 Å². The van der Waals surface area contributed by atoms with Crippen molar-refractivity contribution in [1.29, 1.82) is 0 Å². The van der Waals surface area contributed by atoms with Crippen LogP contribution >= 0.6 is 34.5 Å². The van der Waals surface area contributed by atoms with Gasteiger partial charge in [-0.3, -0.25) is 0 Å². The minimum absolute atomic E-state index is 0.00319. The Bertz CT molecular complexity index is 937. The van der Waals surface area contributed by atoms with Crippen LogP contribution in [0.5, 0.6) is 0 Å². The van der Waals surface area contributed by atoms with Crippen LogP contribution in [0.4, 0.5) is 5.95 Å². The largest absolute Gasteiger partial charge is 0.273 e. The molecule has 0 atom stereocenters. The van der Waals surface area contributed by atoms with Crippen LogP contribution in [0.3, 0.4) is 0 Å². The lowest BCUT2D eigenvalue weighted by atomic mass is 10.2. The second-order valence-electron chi connectivity index (χ2n) is 4.56. The van der Waals surface area contributed by atoms with E-state index in [1.807, 2.05) is 12.1 Å². The van der Waals surface area contributed by atoms with E-state index in [9.17, 15) is 8.42 Å². The summed E-state index contributed by atoms with van der Waals surface area (Å²) < 4.78 is 28.7. The molecule has 0 bridgehead atoms. The molecule has 3 aromatic rings. The van der Waals surface area contributed by atoms with E-state index in [1.54, 1.807) is 12.1 Å². The molecule has 2 heterocycles. The molecule has 0 radical (unpaired) electrons. The van der Waals surface area contributed by atoms with Crippen LogP contribution in [0, 0.1) is 0 Å². The van der Waals surface area contributed by atoms with Crippen molar-refractivity contribution in [3.05, 3.63) is 57.6 Å². The number of benzene rings is 1. The molecule has 3 rings (SSSR count). The fourth-order valence-corrected chi connectivity index (χ4v) is 4.49. The van der Waals surface area contributed by atoms with E-state index in [0.29, 0.717) is 15.9 Å². The third-order valence-electron chi connectivity index (χ3n) is 2.81. The number of nitrogens with zero attached hydrogens (tertiary/aromatic N) is 3. The molecule has 0 saturated carbocycles. The van der Waals surface area contributed by atoms with E-state index in [-0.39, 0.29) is 10.2 Å². The highest BCUT2D eigenvalue weighted by atomic mass is 35.5. The molecule has 0 amide bonds. The van der Waals surface area contributed by atoms with Crippen LogP contribution in [0.1, 0.15) is 5.56 Å². The Labute approximate surface area is 146 Å². The number of hydrogen-bond acceptors (Lipinski definition) is 5. The van der Waals surface area contributed by atoms with Gasteiger partial charge in [-0.2, -0.15) is 4.98 Å². The molecule has 0 aliphatic carbocycles. The zero-order valence-corrected chi connectivity index (χ0v) is 14.6. The molecule has 1 aromatic carbocycles. The molecule has 0 unspecified atom stereocenters. The van der Waals surface area contributed by atoms with Crippen LogP contribution in [0.25, 0.3) is 0 Å². The number of nitrogens with one attached hydrogen (secondary N) is 1. The van der Waals surface area contributed by atoms with E-state index < -0.39 is 10.0 Å². The second kappa shape index (κ2) is 6.48. The number of halogens is 2. The Hall–Kier alpha value is -1.61. The molecule has 23 heavy (non-hydrogen) atoms. The van der Waals surface area contributed by atoms with Crippen molar-refractivity contribution in [2.45, 2.75) is 10.8 Å². The summed E-state index contributed by atoms with van der Waals surface area (Å²) in [7, 11) is -3.73. The predicted octanol–water partition coefficient (Wildman–Crippen LogP) is 3.50. The fourth-order valence-electron chi connectivity index (χ4n) is 1.85. The van der Waals surface area contributed by atoms with Gasteiger partial charge in [-0.25, -0.2) is 17.8 Å². The van der Waals surface area contributed by atoms with Crippen molar-refractivity contribution >= 4 is 50.5 Å². The summed E-state index contributed by atoms with van der Waals surface area (Å²) in [5.41, 5.74) is 0.932. The van der Waals surface area contributed by atoms with Crippen molar-refractivity contribution in [1.82, 2.24) is 14.8 Å². The first-order chi connectivity index (χ1) is 10.9. The van der Waals surface area contributed by atoms with Gasteiger partial charge in [-0.05, 0) is 29.8 Å². The van der Waals surface area contributed by atoms with Crippen LogP contribution < -0.4 is 4.72 Å². The molecule has 0 aliphatic rings. The molecule has 0 saturated heterocycles. The van der Waals surface area contributed by atoms with Gasteiger partial charge in [0.05, 0.1) is 10.9 Å². The van der Waals surface area contributed by atoms with Crippen molar-refractivity contribution < 1.29 is 8.42 Å². The third-order valence-corrected chi connectivity index (χ3v) is 6.10. The zero-order chi connectivity index (χ0) is 16.4. The number of thiophene rings is 1. The van der Waals surface area contributed by atoms with Gasteiger partial charge in [0.1, 0.15) is 10.5 Å². The Morgan fingerprint density at radius 3 is 2.74 bits per heavy atom. The second-order valence-corrected chi connectivity index (χ2v) is 8.62. The molecular weight excluding hydrogens is 379 g/mol. The molecule has 6 nitrogen and oxygen atoms in total. The summed E-state index contributed by atoms with van der Waals surface area (Å²) in [5.74, 6) is -0.00319. The molecule has 1 N–H and O–H groups in total. The smallest absolute Gasteiger partial charge is 0.246 e. The summed E-state index contributed by atoms with van der Waals surface area (Å²) in [5, 5.41) is 4.72. The summed E-state index contributed by atoms with van der Waals surface area (Å²) in [6.07, 6.45) is 1.44. The quantitative estimate of drug-likeness (QED) is 0.725. The molecule has 10 heteroatoms. The molecule has 0 spiro atoms. The highest BCUT2D eigenvalue weighted by Gasteiger charge is 2.18. The highest BCUT2D eigenvalue weighted by Crippen LogP contribution is 2.26. The summed E-state index contributed by atoms with van der Waals surface area (Å²) in [6, 6.07) is 10.3. The van der Waals surface area contributed by atoms with Gasteiger partial charge in [0.15, 0.2) is 0 Å². The lowest BCUT2D eigenvalue weighted by Crippen LogP contribution is -2.13. The molecule has 0 fully saturated rings. The Balaban J connectivity index is 1.74. The van der Waals surface area contributed by atoms with E-state index in [0.717, 1.165) is 16.9 Å². The first-order valence-electron chi connectivity index (χ1n) is 6.34. The average Bonchev–Trinajstić information content (AvgIpc) is 3.08. The topological polar surface area (TPSA) is 76.9 Å². The minimum Gasteiger partial charge on any atom is -0.246 e. The SMILES string of the molecule is O=S(=O)(Nc1ncn(Cc2cccc(Cl)c2)n1)c1ccc(Cl)s1. The lowest BCUT2D eigenvalue weighted by molar-refractivity contribution is 0.602. The van der Waals surface area contributed by atoms with Crippen LogP contribution in [-0.4, -0.2) is 23.2 Å². The highest BCUT2D eigenvalue weighted by molar-refractivity contribution is 7.94. The molecule has 2 aromatic heterocycles. The maximum atomic E-state index is 12.2. The number of hydrogen-bond donors (Lipinski definition) is 1. The third kappa shape index (κ3) is 4.03. The molecular formula is C13H10Cl2N4O2S2.